The standard InChI is InChI=1S/C17H25N3O4S/c21-20(22)16-6-3-7-17(12-16)25(23,24)18-13-14-8-10-19(11-9-14)15-4-1-2-5-15/h3,6-7,12,14-15,18H,1-2,4-5,8-11,13H2. The molecule has 0 bridgehead atoms. The Hall–Kier alpha value is -1.51. The number of benzene rings is 1. The van der Waals surface area contributed by atoms with Crippen molar-refractivity contribution in [2.75, 3.05) is 19.6 Å². The maximum atomic E-state index is 12.4. The van der Waals surface area contributed by atoms with E-state index < -0.39 is 14.9 Å². The third-order valence-corrected chi connectivity index (χ3v) is 6.81. The highest BCUT2D eigenvalue weighted by molar-refractivity contribution is 7.89. The van der Waals surface area contributed by atoms with Crippen molar-refractivity contribution in [3.05, 3.63) is 34.4 Å². The van der Waals surface area contributed by atoms with E-state index in [0.29, 0.717) is 12.5 Å². The summed E-state index contributed by atoms with van der Waals surface area (Å²) in [4.78, 5) is 12.7. The average Bonchev–Trinajstić information content (AvgIpc) is 3.15. The summed E-state index contributed by atoms with van der Waals surface area (Å²) < 4.78 is 27.4. The highest BCUT2D eigenvalue weighted by Crippen LogP contribution is 2.28. The van der Waals surface area contributed by atoms with E-state index in [1.807, 2.05) is 0 Å². The number of non-ortho nitro benzene ring substituents is 1. The third-order valence-electron chi connectivity index (χ3n) is 5.39. The minimum atomic E-state index is -3.71. The summed E-state index contributed by atoms with van der Waals surface area (Å²) in [6, 6.07) is 5.90. The number of nitro benzene ring substituents is 1. The van der Waals surface area contributed by atoms with E-state index in [9.17, 15) is 18.5 Å². The van der Waals surface area contributed by atoms with E-state index in [0.717, 1.165) is 38.0 Å². The summed E-state index contributed by atoms with van der Waals surface area (Å²) >= 11 is 0. The van der Waals surface area contributed by atoms with Crippen LogP contribution in [-0.4, -0.2) is 43.9 Å². The topological polar surface area (TPSA) is 92.5 Å². The summed E-state index contributed by atoms with van der Waals surface area (Å²) in [5, 5.41) is 10.8. The smallest absolute Gasteiger partial charge is 0.270 e. The molecule has 25 heavy (non-hydrogen) atoms. The molecule has 1 N–H and O–H groups in total. The average molecular weight is 367 g/mol. The number of hydrogen-bond acceptors (Lipinski definition) is 5. The molecule has 1 heterocycles. The molecule has 1 saturated heterocycles. The second-order valence-corrected chi connectivity index (χ2v) is 8.79. The molecular weight excluding hydrogens is 342 g/mol. The summed E-state index contributed by atoms with van der Waals surface area (Å²) in [5.74, 6) is 0.325. The molecule has 8 heteroatoms. The van der Waals surface area contributed by atoms with Crippen molar-refractivity contribution >= 4 is 15.7 Å². The Bertz CT molecular complexity index is 708. The van der Waals surface area contributed by atoms with Crippen LogP contribution in [0.4, 0.5) is 5.69 Å². The first kappa shape index (κ1) is 18.3. The highest BCUT2D eigenvalue weighted by atomic mass is 32.2. The second kappa shape index (κ2) is 7.80. The maximum absolute atomic E-state index is 12.4. The van der Waals surface area contributed by atoms with Gasteiger partial charge >= 0.3 is 0 Å². The van der Waals surface area contributed by atoms with E-state index in [2.05, 4.69) is 9.62 Å². The molecule has 0 radical (unpaired) electrons. The molecule has 1 aliphatic carbocycles. The summed E-state index contributed by atoms with van der Waals surface area (Å²) in [6.07, 6.45) is 7.23. The van der Waals surface area contributed by atoms with Gasteiger partial charge in [-0.3, -0.25) is 10.1 Å². The Morgan fingerprint density at radius 2 is 1.84 bits per heavy atom. The fourth-order valence-corrected chi connectivity index (χ4v) is 5.02. The van der Waals surface area contributed by atoms with Gasteiger partial charge in [-0.2, -0.15) is 0 Å². The summed E-state index contributed by atoms with van der Waals surface area (Å²) in [7, 11) is -3.71. The Balaban J connectivity index is 1.53. The molecular formula is C17H25N3O4S. The summed E-state index contributed by atoms with van der Waals surface area (Å²) in [6.45, 7) is 2.46. The monoisotopic (exact) mass is 367 g/mol. The fourth-order valence-electron chi connectivity index (χ4n) is 3.87. The first-order valence-corrected chi connectivity index (χ1v) is 10.4. The quantitative estimate of drug-likeness (QED) is 0.616. The molecule has 1 aliphatic heterocycles. The van der Waals surface area contributed by atoms with Crippen molar-refractivity contribution in [3.63, 3.8) is 0 Å². The van der Waals surface area contributed by atoms with Crippen molar-refractivity contribution in [2.45, 2.75) is 49.5 Å². The second-order valence-electron chi connectivity index (χ2n) is 7.02. The molecule has 2 fully saturated rings. The van der Waals surface area contributed by atoms with Gasteiger partial charge in [-0.15, -0.1) is 0 Å². The number of hydrogen-bond donors (Lipinski definition) is 1. The molecule has 0 aromatic heterocycles. The van der Waals surface area contributed by atoms with E-state index in [-0.39, 0.29) is 10.6 Å². The molecule has 0 atom stereocenters. The number of likely N-dealkylation sites (tertiary alicyclic amines) is 1. The van der Waals surface area contributed by atoms with Gasteiger partial charge < -0.3 is 4.90 Å². The van der Waals surface area contributed by atoms with Crippen molar-refractivity contribution in [1.29, 1.82) is 0 Å². The number of sulfonamides is 1. The Morgan fingerprint density at radius 3 is 2.48 bits per heavy atom. The molecule has 0 unspecified atom stereocenters. The van der Waals surface area contributed by atoms with Gasteiger partial charge in [0.05, 0.1) is 9.82 Å². The van der Waals surface area contributed by atoms with Crippen molar-refractivity contribution in [3.8, 4) is 0 Å². The normalized spacial score (nSPS) is 20.8. The van der Waals surface area contributed by atoms with Gasteiger partial charge in [0.25, 0.3) is 5.69 Å². The molecule has 1 saturated carbocycles. The maximum Gasteiger partial charge on any atom is 0.270 e. The van der Waals surface area contributed by atoms with Gasteiger partial charge in [-0.05, 0) is 50.8 Å². The van der Waals surface area contributed by atoms with Crippen molar-refractivity contribution < 1.29 is 13.3 Å². The summed E-state index contributed by atoms with van der Waals surface area (Å²) in [5.41, 5.74) is -0.215. The largest absolute Gasteiger partial charge is 0.300 e. The molecule has 2 aliphatic rings. The van der Waals surface area contributed by atoms with Gasteiger partial charge in [-0.1, -0.05) is 18.9 Å². The van der Waals surface area contributed by atoms with Crippen LogP contribution in [0.25, 0.3) is 0 Å². The van der Waals surface area contributed by atoms with E-state index in [1.54, 1.807) is 0 Å². The van der Waals surface area contributed by atoms with Crippen LogP contribution < -0.4 is 4.72 Å². The first-order chi connectivity index (χ1) is 12.0. The van der Waals surface area contributed by atoms with Crippen LogP contribution >= 0.6 is 0 Å². The fraction of sp³-hybridized carbons (Fsp3) is 0.647. The third kappa shape index (κ3) is 4.56. The number of nitrogens with zero attached hydrogens (tertiary/aromatic N) is 2. The molecule has 1 aromatic rings. The molecule has 7 nitrogen and oxygen atoms in total. The molecule has 138 valence electrons. The van der Waals surface area contributed by atoms with Crippen LogP contribution in [0.2, 0.25) is 0 Å². The van der Waals surface area contributed by atoms with Crippen LogP contribution in [0.1, 0.15) is 38.5 Å². The van der Waals surface area contributed by atoms with Crippen LogP contribution in [-0.2, 0) is 10.0 Å². The molecule has 3 rings (SSSR count). The van der Waals surface area contributed by atoms with Crippen LogP contribution in [0.15, 0.2) is 29.2 Å². The number of rotatable bonds is 6. The SMILES string of the molecule is O=[N+]([O-])c1cccc(S(=O)(=O)NCC2CCN(C3CCCC3)CC2)c1. The van der Waals surface area contributed by atoms with Gasteiger partial charge in [0.2, 0.25) is 10.0 Å². The van der Waals surface area contributed by atoms with Crippen molar-refractivity contribution in [2.24, 2.45) is 5.92 Å². The number of piperidine rings is 1. The Morgan fingerprint density at radius 1 is 1.16 bits per heavy atom. The molecule has 0 spiro atoms. The van der Waals surface area contributed by atoms with E-state index in [1.165, 1.54) is 43.9 Å². The zero-order valence-corrected chi connectivity index (χ0v) is 15.1. The predicted molar refractivity (Wildman–Crippen MR) is 94.8 cm³/mol. The number of nitrogens with one attached hydrogen (secondary N) is 1. The van der Waals surface area contributed by atoms with E-state index in [4.69, 9.17) is 0 Å². The Kier molecular flexibility index (Phi) is 5.71. The van der Waals surface area contributed by atoms with Crippen LogP contribution in [0, 0.1) is 16.0 Å². The lowest BCUT2D eigenvalue weighted by Crippen LogP contribution is -2.42. The van der Waals surface area contributed by atoms with Crippen molar-refractivity contribution in [1.82, 2.24) is 9.62 Å². The zero-order chi connectivity index (χ0) is 17.9. The lowest BCUT2D eigenvalue weighted by molar-refractivity contribution is -0.385. The van der Waals surface area contributed by atoms with Gasteiger partial charge in [0, 0.05) is 24.7 Å². The highest BCUT2D eigenvalue weighted by Gasteiger charge is 2.28. The predicted octanol–water partition coefficient (Wildman–Crippen LogP) is 2.53. The lowest BCUT2D eigenvalue weighted by Gasteiger charge is -2.36. The van der Waals surface area contributed by atoms with Gasteiger partial charge in [0.1, 0.15) is 0 Å². The lowest BCUT2D eigenvalue weighted by atomic mass is 9.96. The molecule has 0 amide bonds. The first-order valence-electron chi connectivity index (χ1n) is 8.94. The zero-order valence-electron chi connectivity index (χ0n) is 14.3. The minimum Gasteiger partial charge on any atom is -0.300 e. The van der Waals surface area contributed by atoms with E-state index >= 15 is 0 Å². The van der Waals surface area contributed by atoms with Gasteiger partial charge in [0.15, 0.2) is 0 Å². The minimum absolute atomic E-state index is 0.0508. The Labute approximate surface area is 148 Å². The van der Waals surface area contributed by atoms with Crippen LogP contribution in [0.5, 0.6) is 0 Å². The number of nitro groups is 1. The van der Waals surface area contributed by atoms with Crippen LogP contribution in [0.3, 0.4) is 0 Å². The molecule has 1 aromatic carbocycles. The van der Waals surface area contributed by atoms with Gasteiger partial charge in [-0.25, -0.2) is 13.1 Å².